The number of carbonyl (C=O) groups is 2. The number of rotatable bonds is 6. The Morgan fingerprint density at radius 2 is 1.84 bits per heavy atom. The fourth-order valence-corrected chi connectivity index (χ4v) is 3.32. The maximum Gasteiger partial charge on any atom is 0.260 e. The molecular formula is C18H24Cl2N2O3. The van der Waals surface area contributed by atoms with Crippen molar-refractivity contribution >= 4 is 35.0 Å². The highest BCUT2D eigenvalue weighted by molar-refractivity contribution is 6.34. The number of ether oxygens (including phenoxy) is 1. The Bertz CT molecular complexity index is 612. The molecule has 7 heteroatoms. The van der Waals surface area contributed by atoms with E-state index in [-0.39, 0.29) is 24.3 Å². The first-order chi connectivity index (χ1) is 12.0. The van der Waals surface area contributed by atoms with Gasteiger partial charge in [-0.1, -0.05) is 23.2 Å². The van der Waals surface area contributed by atoms with Gasteiger partial charge in [0.15, 0.2) is 6.61 Å². The lowest BCUT2D eigenvalue weighted by Gasteiger charge is -2.33. The number of nitrogens with zero attached hydrogens (tertiary/aromatic N) is 2. The van der Waals surface area contributed by atoms with E-state index in [2.05, 4.69) is 0 Å². The molecule has 1 aromatic carbocycles. The van der Waals surface area contributed by atoms with E-state index < -0.39 is 0 Å². The van der Waals surface area contributed by atoms with Gasteiger partial charge in [-0.25, -0.2) is 0 Å². The topological polar surface area (TPSA) is 49.9 Å². The van der Waals surface area contributed by atoms with Crippen LogP contribution in [0.25, 0.3) is 0 Å². The molecule has 0 atom stereocenters. The predicted molar refractivity (Wildman–Crippen MR) is 99.2 cm³/mol. The molecule has 0 spiro atoms. The molecule has 0 saturated carbocycles. The van der Waals surface area contributed by atoms with E-state index in [1.165, 1.54) is 0 Å². The van der Waals surface area contributed by atoms with Crippen molar-refractivity contribution in [2.75, 3.05) is 32.8 Å². The van der Waals surface area contributed by atoms with E-state index in [0.717, 1.165) is 13.1 Å². The van der Waals surface area contributed by atoms with Gasteiger partial charge in [-0.15, -0.1) is 0 Å². The van der Waals surface area contributed by atoms with Crippen LogP contribution in [0.1, 0.15) is 26.7 Å². The summed E-state index contributed by atoms with van der Waals surface area (Å²) >= 11 is 11.9. The summed E-state index contributed by atoms with van der Waals surface area (Å²) < 4.78 is 5.50. The van der Waals surface area contributed by atoms with Gasteiger partial charge in [0.1, 0.15) is 5.75 Å². The number of amides is 2. The Labute approximate surface area is 158 Å². The highest BCUT2D eigenvalue weighted by Gasteiger charge is 2.29. The van der Waals surface area contributed by atoms with Gasteiger partial charge in [0, 0.05) is 43.2 Å². The summed E-state index contributed by atoms with van der Waals surface area (Å²) in [6.45, 7) is 6.48. The molecule has 1 aliphatic rings. The van der Waals surface area contributed by atoms with Crippen molar-refractivity contribution in [3.8, 4) is 5.75 Å². The van der Waals surface area contributed by atoms with E-state index in [0.29, 0.717) is 41.7 Å². The summed E-state index contributed by atoms with van der Waals surface area (Å²) in [6, 6.07) is 4.89. The van der Waals surface area contributed by atoms with Gasteiger partial charge in [0.2, 0.25) is 5.91 Å². The van der Waals surface area contributed by atoms with Crippen LogP contribution in [0, 0.1) is 5.92 Å². The molecule has 0 radical (unpaired) electrons. The molecule has 0 bridgehead atoms. The summed E-state index contributed by atoms with van der Waals surface area (Å²) in [5, 5.41) is 0.920. The number of hydrogen-bond acceptors (Lipinski definition) is 3. The van der Waals surface area contributed by atoms with Gasteiger partial charge in [0.05, 0.1) is 5.02 Å². The van der Waals surface area contributed by atoms with Crippen molar-refractivity contribution in [2.24, 2.45) is 5.92 Å². The highest BCUT2D eigenvalue weighted by Crippen LogP contribution is 2.28. The van der Waals surface area contributed by atoms with E-state index >= 15 is 0 Å². The predicted octanol–water partition coefficient (Wildman–Crippen LogP) is 3.48. The van der Waals surface area contributed by atoms with Crippen LogP contribution in [0.15, 0.2) is 18.2 Å². The van der Waals surface area contributed by atoms with Crippen LogP contribution in [0.4, 0.5) is 0 Å². The van der Waals surface area contributed by atoms with E-state index in [1.54, 1.807) is 23.1 Å². The lowest BCUT2D eigenvalue weighted by atomic mass is 9.95. The number of hydrogen-bond donors (Lipinski definition) is 0. The number of benzene rings is 1. The molecule has 138 valence electrons. The second kappa shape index (κ2) is 9.30. The average molecular weight is 387 g/mol. The van der Waals surface area contributed by atoms with Crippen molar-refractivity contribution in [2.45, 2.75) is 26.7 Å². The first-order valence-electron chi connectivity index (χ1n) is 8.60. The Kier molecular flexibility index (Phi) is 7.38. The lowest BCUT2D eigenvalue weighted by molar-refractivity contribution is -0.141. The third kappa shape index (κ3) is 5.25. The van der Waals surface area contributed by atoms with Crippen molar-refractivity contribution in [1.29, 1.82) is 0 Å². The number of halogens is 2. The Morgan fingerprint density at radius 1 is 1.20 bits per heavy atom. The third-order valence-corrected chi connectivity index (χ3v) is 5.06. The smallest absolute Gasteiger partial charge is 0.260 e. The largest absolute Gasteiger partial charge is 0.482 e. The molecule has 1 aliphatic heterocycles. The van der Waals surface area contributed by atoms with E-state index in [4.69, 9.17) is 27.9 Å². The third-order valence-electron chi connectivity index (χ3n) is 4.52. The quantitative estimate of drug-likeness (QED) is 0.751. The van der Waals surface area contributed by atoms with Gasteiger partial charge in [-0.05, 0) is 38.8 Å². The molecule has 2 rings (SSSR count). The van der Waals surface area contributed by atoms with Crippen LogP contribution in [-0.2, 0) is 9.59 Å². The molecular weight excluding hydrogens is 363 g/mol. The van der Waals surface area contributed by atoms with Crippen LogP contribution in [0.3, 0.4) is 0 Å². The molecule has 0 aromatic heterocycles. The molecule has 1 heterocycles. The zero-order valence-electron chi connectivity index (χ0n) is 14.6. The molecule has 1 saturated heterocycles. The maximum atomic E-state index is 12.4. The van der Waals surface area contributed by atoms with Gasteiger partial charge < -0.3 is 14.5 Å². The Balaban J connectivity index is 1.83. The van der Waals surface area contributed by atoms with Gasteiger partial charge in [-0.2, -0.15) is 0 Å². The minimum Gasteiger partial charge on any atom is -0.482 e. The van der Waals surface area contributed by atoms with Gasteiger partial charge in [-0.3, -0.25) is 9.59 Å². The van der Waals surface area contributed by atoms with Crippen molar-refractivity contribution in [1.82, 2.24) is 9.80 Å². The SMILES string of the molecule is CCN(CC)C(=O)C1CCN(C(=O)COc2cc(Cl)ccc2Cl)CC1. The summed E-state index contributed by atoms with van der Waals surface area (Å²) in [6.07, 6.45) is 1.39. The van der Waals surface area contributed by atoms with Crippen LogP contribution in [-0.4, -0.2) is 54.4 Å². The number of piperidine rings is 1. The minimum atomic E-state index is -0.107. The van der Waals surface area contributed by atoms with Gasteiger partial charge in [0.25, 0.3) is 5.91 Å². The lowest BCUT2D eigenvalue weighted by Crippen LogP contribution is -2.45. The Hall–Kier alpha value is -1.46. The second-order valence-corrected chi connectivity index (χ2v) is 6.87. The standard InChI is InChI=1S/C18H24Cl2N2O3/c1-3-21(4-2)18(24)13-7-9-22(10-8-13)17(23)12-25-16-11-14(19)5-6-15(16)20/h5-6,11,13H,3-4,7-10,12H2,1-2H3. The summed E-state index contributed by atoms with van der Waals surface area (Å²) in [5.41, 5.74) is 0. The monoisotopic (exact) mass is 386 g/mol. The van der Waals surface area contributed by atoms with Crippen molar-refractivity contribution in [3.05, 3.63) is 28.2 Å². The van der Waals surface area contributed by atoms with Crippen molar-refractivity contribution in [3.63, 3.8) is 0 Å². The second-order valence-electron chi connectivity index (χ2n) is 6.03. The van der Waals surface area contributed by atoms with Gasteiger partial charge >= 0.3 is 0 Å². The molecule has 0 unspecified atom stereocenters. The average Bonchev–Trinajstić information content (AvgIpc) is 2.63. The Morgan fingerprint density at radius 3 is 2.44 bits per heavy atom. The summed E-state index contributed by atoms with van der Waals surface area (Å²) in [7, 11) is 0. The van der Waals surface area contributed by atoms with Crippen LogP contribution >= 0.6 is 23.2 Å². The fourth-order valence-electron chi connectivity index (χ4n) is 2.99. The number of likely N-dealkylation sites (tertiary alicyclic amines) is 1. The summed E-state index contributed by atoms with van der Waals surface area (Å²) in [5.74, 6) is 0.491. The van der Waals surface area contributed by atoms with Crippen molar-refractivity contribution < 1.29 is 14.3 Å². The highest BCUT2D eigenvalue weighted by atomic mass is 35.5. The first-order valence-corrected chi connectivity index (χ1v) is 9.36. The normalized spacial score (nSPS) is 15.1. The van der Waals surface area contributed by atoms with E-state index in [1.807, 2.05) is 18.7 Å². The molecule has 2 amide bonds. The zero-order valence-corrected chi connectivity index (χ0v) is 16.1. The first kappa shape index (κ1) is 19.9. The molecule has 1 fully saturated rings. The minimum absolute atomic E-state index is 0.00671. The van der Waals surface area contributed by atoms with Crippen LogP contribution in [0.2, 0.25) is 10.0 Å². The molecule has 5 nitrogen and oxygen atoms in total. The fraction of sp³-hybridized carbons (Fsp3) is 0.556. The molecule has 0 N–H and O–H groups in total. The van der Waals surface area contributed by atoms with Crippen LogP contribution < -0.4 is 4.74 Å². The zero-order chi connectivity index (χ0) is 18.4. The maximum absolute atomic E-state index is 12.4. The number of carbonyl (C=O) groups excluding carboxylic acids is 2. The molecule has 0 aliphatic carbocycles. The summed E-state index contributed by atoms with van der Waals surface area (Å²) in [4.78, 5) is 28.3. The molecule has 25 heavy (non-hydrogen) atoms. The van der Waals surface area contributed by atoms with E-state index in [9.17, 15) is 9.59 Å². The molecule has 1 aromatic rings. The van der Waals surface area contributed by atoms with Crippen LogP contribution in [0.5, 0.6) is 5.75 Å².